The standard InChI is InChI=1S/C13H16O5S/c1-8(14)18-12-11(16)10(15)7-17-13(12)19-9-5-3-2-4-6-9/h2-6,10-13,15-16H,7H2,1H3/t10-,11-,12+,13+/m0/s1. The van der Waals surface area contributed by atoms with Crippen LogP contribution in [0.4, 0.5) is 0 Å². The Morgan fingerprint density at radius 2 is 2.05 bits per heavy atom. The molecule has 1 aromatic carbocycles. The Hall–Kier alpha value is -1.08. The van der Waals surface area contributed by atoms with Crippen molar-refractivity contribution in [2.24, 2.45) is 0 Å². The van der Waals surface area contributed by atoms with E-state index >= 15 is 0 Å². The zero-order chi connectivity index (χ0) is 13.8. The Morgan fingerprint density at radius 1 is 1.37 bits per heavy atom. The molecule has 104 valence electrons. The van der Waals surface area contributed by atoms with E-state index in [1.165, 1.54) is 18.7 Å². The van der Waals surface area contributed by atoms with Crippen molar-refractivity contribution in [3.63, 3.8) is 0 Å². The van der Waals surface area contributed by atoms with Crippen molar-refractivity contribution in [1.29, 1.82) is 0 Å². The molecule has 1 aromatic rings. The number of thioether (sulfide) groups is 1. The number of carbonyl (C=O) groups is 1. The predicted molar refractivity (Wildman–Crippen MR) is 69.6 cm³/mol. The van der Waals surface area contributed by atoms with Gasteiger partial charge in [-0.2, -0.15) is 0 Å². The maximum Gasteiger partial charge on any atom is 0.303 e. The van der Waals surface area contributed by atoms with Crippen LogP contribution in [0.1, 0.15) is 6.92 Å². The third-order valence-electron chi connectivity index (χ3n) is 2.73. The average molecular weight is 284 g/mol. The summed E-state index contributed by atoms with van der Waals surface area (Å²) in [5.74, 6) is -0.514. The fourth-order valence-corrected chi connectivity index (χ4v) is 2.90. The number of aliphatic hydroxyl groups is 2. The number of hydrogen-bond acceptors (Lipinski definition) is 6. The summed E-state index contributed by atoms with van der Waals surface area (Å²) in [4.78, 5) is 12.0. The molecule has 1 heterocycles. The van der Waals surface area contributed by atoms with Crippen molar-refractivity contribution in [3.05, 3.63) is 30.3 Å². The summed E-state index contributed by atoms with van der Waals surface area (Å²) in [7, 11) is 0. The summed E-state index contributed by atoms with van der Waals surface area (Å²) < 4.78 is 10.5. The van der Waals surface area contributed by atoms with Crippen LogP contribution in [0.3, 0.4) is 0 Å². The lowest BCUT2D eigenvalue weighted by atomic mass is 10.1. The lowest BCUT2D eigenvalue weighted by Crippen LogP contribution is -2.53. The molecule has 0 spiro atoms. The molecule has 0 bridgehead atoms. The van der Waals surface area contributed by atoms with E-state index in [1.807, 2.05) is 30.3 Å². The fourth-order valence-electron chi connectivity index (χ4n) is 1.82. The van der Waals surface area contributed by atoms with Gasteiger partial charge in [0.25, 0.3) is 0 Å². The highest BCUT2D eigenvalue weighted by molar-refractivity contribution is 7.99. The molecule has 2 rings (SSSR count). The van der Waals surface area contributed by atoms with E-state index in [0.29, 0.717) is 0 Å². The Balaban J connectivity index is 2.10. The number of rotatable bonds is 3. The van der Waals surface area contributed by atoms with E-state index in [4.69, 9.17) is 9.47 Å². The van der Waals surface area contributed by atoms with E-state index in [-0.39, 0.29) is 6.61 Å². The summed E-state index contributed by atoms with van der Waals surface area (Å²) in [5, 5.41) is 19.5. The summed E-state index contributed by atoms with van der Waals surface area (Å²) >= 11 is 1.35. The van der Waals surface area contributed by atoms with Gasteiger partial charge in [-0.15, -0.1) is 0 Å². The fraction of sp³-hybridized carbons (Fsp3) is 0.462. The van der Waals surface area contributed by atoms with E-state index in [2.05, 4.69) is 0 Å². The highest BCUT2D eigenvalue weighted by Gasteiger charge is 2.41. The van der Waals surface area contributed by atoms with E-state index in [1.54, 1.807) is 0 Å². The van der Waals surface area contributed by atoms with Gasteiger partial charge in [0.2, 0.25) is 0 Å². The third-order valence-corrected chi connectivity index (χ3v) is 3.91. The van der Waals surface area contributed by atoms with Crippen molar-refractivity contribution >= 4 is 17.7 Å². The van der Waals surface area contributed by atoms with Gasteiger partial charge < -0.3 is 19.7 Å². The minimum absolute atomic E-state index is 0.0173. The molecular formula is C13H16O5S. The smallest absolute Gasteiger partial charge is 0.303 e. The molecule has 6 heteroatoms. The second-order valence-corrected chi connectivity index (χ2v) is 5.44. The maximum atomic E-state index is 11.1. The molecule has 1 aliphatic heterocycles. The quantitative estimate of drug-likeness (QED) is 0.799. The van der Waals surface area contributed by atoms with E-state index < -0.39 is 29.7 Å². The molecular weight excluding hydrogens is 268 g/mol. The Morgan fingerprint density at radius 3 is 2.68 bits per heavy atom. The van der Waals surface area contributed by atoms with Gasteiger partial charge in [-0.3, -0.25) is 4.79 Å². The van der Waals surface area contributed by atoms with Gasteiger partial charge in [-0.05, 0) is 12.1 Å². The van der Waals surface area contributed by atoms with Crippen LogP contribution in [0.2, 0.25) is 0 Å². The number of esters is 1. The van der Waals surface area contributed by atoms with Crippen LogP contribution in [-0.4, -0.2) is 46.5 Å². The predicted octanol–water partition coefficient (Wildman–Crippen LogP) is 0.789. The van der Waals surface area contributed by atoms with Crippen LogP contribution in [0.5, 0.6) is 0 Å². The average Bonchev–Trinajstić information content (AvgIpc) is 2.39. The molecule has 0 saturated carbocycles. The monoisotopic (exact) mass is 284 g/mol. The van der Waals surface area contributed by atoms with Gasteiger partial charge >= 0.3 is 5.97 Å². The molecule has 0 amide bonds. The Bertz CT molecular complexity index is 424. The number of benzene rings is 1. The number of hydrogen-bond donors (Lipinski definition) is 2. The van der Waals surface area contributed by atoms with Crippen molar-refractivity contribution in [3.8, 4) is 0 Å². The molecule has 0 aliphatic carbocycles. The first-order valence-electron chi connectivity index (χ1n) is 5.94. The van der Waals surface area contributed by atoms with Crippen molar-refractivity contribution < 1.29 is 24.5 Å². The first-order valence-corrected chi connectivity index (χ1v) is 6.82. The van der Waals surface area contributed by atoms with Gasteiger partial charge in [0.1, 0.15) is 17.6 Å². The van der Waals surface area contributed by atoms with Gasteiger partial charge in [0.05, 0.1) is 6.61 Å². The molecule has 1 saturated heterocycles. The van der Waals surface area contributed by atoms with Crippen LogP contribution in [-0.2, 0) is 14.3 Å². The molecule has 0 aromatic heterocycles. The second-order valence-electron chi connectivity index (χ2n) is 4.26. The SMILES string of the molecule is CC(=O)O[C@@H]1[C@@H](O)[C@@H](O)CO[C@@H]1Sc1ccccc1. The molecule has 5 nitrogen and oxygen atoms in total. The van der Waals surface area contributed by atoms with Crippen LogP contribution in [0.15, 0.2) is 35.2 Å². The third kappa shape index (κ3) is 3.70. The van der Waals surface area contributed by atoms with Crippen molar-refractivity contribution in [2.45, 2.75) is 35.6 Å². The lowest BCUT2D eigenvalue weighted by Gasteiger charge is -2.37. The summed E-state index contributed by atoms with van der Waals surface area (Å²) in [6, 6.07) is 9.47. The minimum Gasteiger partial charge on any atom is -0.456 e. The molecule has 2 N–H and O–H groups in total. The molecule has 0 radical (unpaired) electrons. The molecule has 1 fully saturated rings. The maximum absolute atomic E-state index is 11.1. The molecule has 19 heavy (non-hydrogen) atoms. The van der Waals surface area contributed by atoms with E-state index in [0.717, 1.165) is 4.90 Å². The highest BCUT2D eigenvalue weighted by atomic mass is 32.2. The summed E-state index contributed by atoms with van der Waals surface area (Å²) in [6.07, 6.45) is -3.07. The number of ether oxygens (including phenoxy) is 2. The summed E-state index contributed by atoms with van der Waals surface area (Å²) in [5.41, 5.74) is -0.537. The zero-order valence-electron chi connectivity index (χ0n) is 10.4. The Kier molecular flexibility index (Phi) is 4.81. The van der Waals surface area contributed by atoms with Crippen molar-refractivity contribution in [2.75, 3.05) is 6.61 Å². The van der Waals surface area contributed by atoms with Crippen LogP contribution in [0.25, 0.3) is 0 Å². The molecule has 4 atom stereocenters. The lowest BCUT2D eigenvalue weighted by molar-refractivity contribution is -0.189. The summed E-state index contributed by atoms with van der Waals surface area (Å²) in [6.45, 7) is 1.28. The van der Waals surface area contributed by atoms with Crippen molar-refractivity contribution in [1.82, 2.24) is 0 Å². The van der Waals surface area contributed by atoms with Gasteiger partial charge in [-0.25, -0.2) is 0 Å². The number of carbonyl (C=O) groups excluding carboxylic acids is 1. The topological polar surface area (TPSA) is 76.0 Å². The zero-order valence-corrected chi connectivity index (χ0v) is 11.2. The largest absolute Gasteiger partial charge is 0.456 e. The normalized spacial score (nSPS) is 30.9. The van der Waals surface area contributed by atoms with Crippen LogP contribution >= 0.6 is 11.8 Å². The van der Waals surface area contributed by atoms with Crippen LogP contribution in [0, 0.1) is 0 Å². The number of aliphatic hydroxyl groups excluding tert-OH is 2. The first-order chi connectivity index (χ1) is 9.08. The van der Waals surface area contributed by atoms with E-state index in [9.17, 15) is 15.0 Å². The van der Waals surface area contributed by atoms with Crippen LogP contribution < -0.4 is 0 Å². The van der Waals surface area contributed by atoms with Gasteiger partial charge in [-0.1, -0.05) is 30.0 Å². The molecule has 1 aliphatic rings. The Labute approximate surface area is 115 Å². The second kappa shape index (κ2) is 6.38. The minimum atomic E-state index is -1.14. The molecule has 0 unspecified atom stereocenters. The highest BCUT2D eigenvalue weighted by Crippen LogP contribution is 2.32. The van der Waals surface area contributed by atoms with Gasteiger partial charge in [0.15, 0.2) is 6.10 Å². The van der Waals surface area contributed by atoms with Gasteiger partial charge in [0, 0.05) is 11.8 Å². The first kappa shape index (κ1) is 14.3.